The average molecular weight is 392 g/mol. The van der Waals surface area contributed by atoms with Crippen molar-refractivity contribution in [2.45, 2.75) is 52.4 Å². The molecule has 5 nitrogen and oxygen atoms in total. The second kappa shape index (κ2) is 8.19. The Labute approximate surface area is 172 Å². The molecule has 29 heavy (non-hydrogen) atoms. The highest BCUT2D eigenvalue weighted by Crippen LogP contribution is 2.38. The molecule has 1 N–H and O–H groups in total. The van der Waals surface area contributed by atoms with Crippen LogP contribution in [0.25, 0.3) is 0 Å². The zero-order valence-corrected chi connectivity index (χ0v) is 17.5. The SMILES string of the molecule is CC[C@@]1(c2ccccc2)CCC(=O)N(CC(=O)Nc2c(C)cc(C)cc2C)C1=O. The number of piperidine rings is 1. The van der Waals surface area contributed by atoms with Gasteiger partial charge in [0, 0.05) is 12.1 Å². The number of anilines is 1. The first-order valence-electron chi connectivity index (χ1n) is 10.1. The quantitative estimate of drug-likeness (QED) is 0.781. The van der Waals surface area contributed by atoms with E-state index in [1.807, 2.05) is 70.2 Å². The van der Waals surface area contributed by atoms with Crippen LogP contribution in [-0.2, 0) is 19.8 Å². The van der Waals surface area contributed by atoms with Crippen LogP contribution in [0.4, 0.5) is 5.69 Å². The molecule has 2 aromatic carbocycles. The number of imide groups is 1. The number of nitrogens with one attached hydrogen (secondary N) is 1. The van der Waals surface area contributed by atoms with Crippen LogP contribution in [0.2, 0.25) is 0 Å². The monoisotopic (exact) mass is 392 g/mol. The Bertz CT molecular complexity index is 929. The van der Waals surface area contributed by atoms with Gasteiger partial charge in [0.1, 0.15) is 6.54 Å². The molecule has 2 aromatic rings. The van der Waals surface area contributed by atoms with Gasteiger partial charge in [0.2, 0.25) is 17.7 Å². The largest absolute Gasteiger partial charge is 0.324 e. The van der Waals surface area contributed by atoms with E-state index in [9.17, 15) is 14.4 Å². The molecular formula is C24H28N2O3. The van der Waals surface area contributed by atoms with Crippen LogP contribution in [0.3, 0.4) is 0 Å². The molecule has 0 bridgehead atoms. The van der Waals surface area contributed by atoms with E-state index in [0.29, 0.717) is 12.8 Å². The number of amides is 3. The first-order valence-corrected chi connectivity index (χ1v) is 10.1. The molecule has 0 aliphatic carbocycles. The number of benzene rings is 2. The molecule has 1 aliphatic heterocycles. The van der Waals surface area contributed by atoms with Crippen LogP contribution in [0, 0.1) is 20.8 Å². The van der Waals surface area contributed by atoms with E-state index in [1.165, 1.54) is 0 Å². The number of hydrogen-bond donors (Lipinski definition) is 1. The van der Waals surface area contributed by atoms with Crippen molar-refractivity contribution in [3.8, 4) is 0 Å². The minimum atomic E-state index is -0.759. The van der Waals surface area contributed by atoms with Crippen LogP contribution in [0.1, 0.15) is 48.4 Å². The van der Waals surface area contributed by atoms with Gasteiger partial charge in [-0.25, -0.2) is 0 Å². The van der Waals surface area contributed by atoms with Crippen molar-refractivity contribution in [3.05, 3.63) is 64.7 Å². The molecule has 1 fully saturated rings. The van der Waals surface area contributed by atoms with E-state index >= 15 is 0 Å². The summed E-state index contributed by atoms with van der Waals surface area (Å²) in [4.78, 5) is 39.8. The summed E-state index contributed by atoms with van der Waals surface area (Å²) in [6.07, 6.45) is 1.31. The van der Waals surface area contributed by atoms with Crippen molar-refractivity contribution >= 4 is 23.4 Å². The highest BCUT2D eigenvalue weighted by Gasteiger charge is 2.47. The topological polar surface area (TPSA) is 66.5 Å². The molecule has 0 unspecified atom stereocenters. The fourth-order valence-electron chi connectivity index (χ4n) is 4.35. The van der Waals surface area contributed by atoms with Crippen molar-refractivity contribution in [2.75, 3.05) is 11.9 Å². The number of hydrogen-bond acceptors (Lipinski definition) is 3. The van der Waals surface area contributed by atoms with Crippen molar-refractivity contribution in [1.82, 2.24) is 4.90 Å². The number of carbonyl (C=O) groups is 3. The minimum Gasteiger partial charge on any atom is -0.324 e. The fourth-order valence-corrected chi connectivity index (χ4v) is 4.35. The maximum Gasteiger partial charge on any atom is 0.244 e. The molecule has 5 heteroatoms. The van der Waals surface area contributed by atoms with Crippen molar-refractivity contribution < 1.29 is 14.4 Å². The summed E-state index contributed by atoms with van der Waals surface area (Å²) in [6, 6.07) is 13.5. The lowest BCUT2D eigenvalue weighted by Crippen LogP contribution is -2.55. The lowest BCUT2D eigenvalue weighted by atomic mass is 9.71. The summed E-state index contributed by atoms with van der Waals surface area (Å²) in [5.74, 6) is -0.931. The molecule has 1 atom stereocenters. The van der Waals surface area contributed by atoms with Crippen LogP contribution < -0.4 is 5.32 Å². The number of nitrogens with zero attached hydrogens (tertiary/aromatic N) is 1. The molecule has 0 aromatic heterocycles. The maximum absolute atomic E-state index is 13.4. The molecule has 1 heterocycles. The van der Waals surface area contributed by atoms with Gasteiger partial charge < -0.3 is 5.32 Å². The molecule has 0 saturated carbocycles. The van der Waals surface area contributed by atoms with Gasteiger partial charge in [-0.15, -0.1) is 0 Å². The van der Waals surface area contributed by atoms with Gasteiger partial charge in [-0.3, -0.25) is 19.3 Å². The molecular weight excluding hydrogens is 364 g/mol. The predicted octanol–water partition coefficient (Wildman–Crippen LogP) is 4.05. The third kappa shape index (κ3) is 3.95. The zero-order chi connectivity index (χ0) is 21.2. The van der Waals surface area contributed by atoms with Crippen LogP contribution >= 0.6 is 0 Å². The average Bonchev–Trinajstić information content (AvgIpc) is 2.69. The Balaban J connectivity index is 1.83. The van der Waals surface area contributed by atoms with E-state index < -0.39 is 5.41 Å². The van der Waals surface area contributed by atoms with Gasteiger partial charge in [-0.05, 0) is 50.3 Å². The summed E-state index contributed by atoms with van der Waals surface area (Å²) in [6.45, 7) is 7.57. The van der Waals surface area contributed by atoms with Crippen LogP contribution in [0.5, 0.6) is 0 Å². The van der Waals surface area contributed by atoms with Crippen molar-refractivity contribution in [3.63, 3.8) is 0 Å². The van der Waals surface area contributed by atoms with Gasteiger partial charge in [0.15, 0.2) is 0 Å². The minimum absolute atomic E-state index is 0.254. The molecule has 0 radical (unpaired) electrons. The van der Waals surface area contributed by atoms with Gasteiger partial charge in [0.05, 0.1) is 5.41 Å². The molecule has 1 saturated heterocycles. The summed E-state index contributed by atoms with van der Waals surface area (Å²) >= 11 is 0. The Morgan fingerprint density at radius 1 is 1.07 bits per heavy atom. The van der Waals surface area contributed by atoms with E-state index in [-0.39, 0.29) is 30.7 Å². The van der Waals surface area contributed by atoms with Crippen LogP contribution in [-0.4, -0.2) is 29.2 Å². The third-order valence-electron chi connectivity index (χ3n) is 5.89. The lowest BCUT2D eigenvalue weighted by molar-refractivity contribution is -0.155. The smallest absolute Gasteiger partial charge is 0.244 e. The molecule has 3 amide bonds. The summed E-state index contributed by atoms with van der Waals surface area (Å²) in [5, 5.41) is 2.89. The Morgan fingerprint density at radius 3 is 2.28 bits per heavy atom. The summed E-state index contributed by atoms with van der Waals surface area (Å²) in [5.41, 5.74) is 3.91. The predicted molar refractivity (Wildman–Crippen MR) is 114 cm³/mol. The molecule has 152 valence electrons. The number of carbonyl (C=O) groups excluding carboxylic acids is 3. The van der Waals surface area contributed by atoms with Gasteiger partial charge in [0.25, 0.3) is 0 Å². The summed E-state index contributed by atoms with van der Waals surface area (Å²) < 4.78 is 0. The fraction of sp³-hybridized carbons (Fsp3) is 0.375. The van der Waals surface area contributed by atoms with E-state index in [0.717, 1.165) is 32.8 Å². The third-order valence-corrected chi connectivity index (χ3v) is 5.89. The molecule has 0 spiro atoms. The molecule has 1 aliphatic rings. The van der Waals surface area contributed by atoms with Crippen LogP contribution in [0.15, 0.2) is 42.5 Å². The highest BCUT2D eigenvalue weighted by molar-refractivity contribution is 6.07. The Kier molecular flexibility index (Phi) is 5.87. The van der Waals surface area contributed by atoms with Gasteiger partial charge in [-0.2, -0.15) is 0 Å². The second-order valence-corrected chi connectivity index (χ2v) is 7.91. The lowest BCUT2D eigenvalue weighted by Gasteiger charge is -2.40. The Morgan fingerprint density at radius 2 is 1.69 bits per heavy atom. The standard InChI is InChI=1S/C24H28N2O3/c1-5-24(19-9-7-6-8-10-19)12-11-21(28)26(23(24)29)15-20(27)25-22-17(3)13-16(2)14-18(22)4/h6-10,13-14H,5,11-12,15H2,1-4H3,(H,25,27)/t24-/m0/s1. The van der Waals surface area contributed by atoms with E-state index in [2.05, 4.69) is 5.32 Å². The Hall–Kier alpha value is -2.95. The van der Waals surface area contributed by atoms with Gasteiger partial charge >= 0.3 is 0 Å². The van der Waals surface area contributed by atoms with Crippen molar-refractivity contribution in [2.24, 2.45) is 0 Å². The highest BCUT2D eigenvalue weighted by atomic mass is 16.2. The second-order valence-electron chi connectivity index (χ2n) is 7.91. The van der Waals surface area contributed by atoms with Crippen molar-refractivity contribution in [1.29, 1.82) is 0 Å². The van der Waals surface area contributed by atoms with E-state index in [1.54, 1.807) is 0 Å². The van der Waals surface area contributed by atoms with Gasteiger partial charge in [-0.1, -0.05) is 55.0 Å². The maximum atomic E-state index is 13.4. The number of rotatable bonds is 5. The summed E-state index contributed by atoms with van der Waals surface area (Å²) in [7, 11) is 0. The number of aryl methyl sites for hydroxylation is 3. The number of likely N-dealkylation sites (tertiary alicyclic amines) is 1. The zero-order valence-electron chi connectivity index (χ0n) is 17.5. The first-order chi connectivity index (χ1) is 13.8. The normalized spacial score (nSPS) is 19.4. The van der Waals surface area contributed by atoms with E-state index in [4.69, 9.17) is 0 Å². The first kappa shape index (κ1) is 20.8. The molecule has 3 rings (SSSR count).